The molecule has 90 valence electrons. The maximum absolute atomic E-state index is 4.55. The van der Waals surface area contributed by atoms with Gasteiger partial charge in [-0.2, -0.15) is 0 Å². The molecule has 0 spiro atoms. The second-order valence-electron chi connectivity index (χ2n) is 3.88. The Morgan fingerprint density at radius 2 is 2.11 bits per heavy atom. The predicted octanol–water partition coefficient (Wildman–Crippen LogP) is 2.22. The number of hydrogen-bond donors (Lipinski definition) is 1. The Labute approximate surface area is 105 Å². The third kappa shape index (κ3) is 1.79. The lowest BCUT2D eigenvalue weighted by atomic mass is 10.3. The number of rotatable bonds is 3. The van der Waals surface area contributed by atoms with Crippen LogP contribution in [0.15, 0.2) is 43.0 Å². The lowest BCUT2D eigenvalue weighted by molar-refractivity contribution is 1.12. The fourth-order valence-electron chi connectivity index (χ4n) is 1.87. The SMILES string of the molecule is CCNc1nccnc1-c1cn2ccccc2n1. The average molecular weight is 239 g/mol. The van der Waals surface area contributed by atoms with Crippen molar-refractivity contribution in [2.75, 3.05) is 11.9 Å². The van der Waals surface area contributed by atoms with Gasteiger partial charge in [-0.1, -0.05) is 6.07 Å². The molecule has 3 rings (SSSR count). The molecule has 0 bridgehead atoms. The molecular formula is C13H13N5. The van der Waals surface area contributed by atoms with Crippen molar-refractivity contribution in [2.45, 2.75) is 6.92 Å². The van der Waals surface area contributed by atoms with Crippen molar-refractivity contribution < 1.29 is 0 Å². The Morgan fingerprint density at radius 3 is 2.94 bits per heavy atom. The van der Waals surface area contributed by atoms with E-state index in [2.05, 4.69) is 20.3 Å². The van der Waals surface area contributed by atoms with E-state index in [4.69, 9.17) is 0 Å². The number of pyridine rings is 1. The molecule has 0 aliphatic carbocycles. The van der Waals surface area contributed by atoms with E-state index in [0.717, 1.165) is 29.4 Å². The highest BCUT2D eigenvalue weighted by molar-refractivity contribution is 5.69. The number of aromatic nitrogens is 4. The van der Waals surface area contributed by atoms with Gasteiger partial charge in [0.15, 0.2) is 5.82 Å². The number of nitrogens with one attached hydrogen (secondary N) is 1. The van der Waals surface area contributed by atoms with Gasteiger partial charge < -0.3 is 9.72 Å². The van der Waals surface area contributed by atoms with Crippen molar-refractivity contribution in [3.8, 4) is 11.4 Å². The summed E-state index contributed by atoms with van der Waals surface area (Å²) in [6, 6.07) is 5.90. The Balaban J connectivity index is 2.13. The van der Waals surface area contributed by atoms with Crippen molar-refractivity contribution in [3.63, 3.8) is 0 Å². The molecule has 0 saturated heterocycles. The third-order valence-electron chi connectivity index (χ3n) is 2.65. The predicted molar refractivity (Wildman–Crippen MR) is 70.4 cm³/mol. The molecule has 0 aliphatic heterocycles. The summed E-state index contributed by atoms with van der Waals surface area (Å²) in [5.74, 6) is 0.767. The fraction of sp³-hybridized carbons (Fsp3) is 0.154. The van der Waals surface area contributed by atoms with Crippen LogP contribution in [0.3, 0.4) is 0 Å². The van der Waals surface area contributed by atoms with E-state index in [0.29, 0.717) is 0 Å². The van der Waals surface area contributed by atoms with Gasteiger partial charge in [0.25, 0.3) is 0 Å². The van der Waals surface area contributed by atoms with E-state index < -0.39 is 0 Å². The quantitative estimate of drug-likeness (QED) is 0.761. The van der Waals surface area contributed by atoms with Crippen LogP contribution in [-0.2, 0) is 0 Å². The number of anilines is 1. The second kappa shape index (κ2) is 4.44. The van der Waals surface area contributed by atoms with Crippen LogP contribution in [0, 0.1) is 0 Å². The van der Waals surface area contributed by atoms with Gasteiger partial charge in [0.1, 0.15) is 17.0 Å². The third-order valence-corrected chi connectivity index (χ3v) is 2.65. The molecule has 3 aromatic heterocycles. The van der Waals surface area contributed by atoms with Crippen LogP contribution in [0.5, 0.6) is 0 Å². The van der Waals surface area contributed by atoms with E-state index in [1.54, 1.807) is 12.4 Å². The molecule has 0 saturated carbocycles. The van der Waals surface area contributed by atoms with E-state index in [1.807, 2.05) is 41.9 Å². The van der Waals surface area contributed by atoms with Crippen LogP contribution >= 0.6 is 0 Å². The van der Waals surface area contributed by atoms with Crippen LogP contribution in [-0.4, -0.2) is 25.9 Å². The largest absolute Gasteiger partial charge is 0.368 e. The van der Waals surface area contributed by atoms with Gasteiger partial charge >= 0.3 is 0 Å². The standard InChI is InChI=1S/C13H13N5/c1-2-14-13-12(15-6-7-16-13)10-9-18-8-4-3-5-11(18)17-10/h3-9H,2H2,1H3,(H,14,16). The molecule has 18 heavy (non-hydrogen) atoms. The summed E-state index contributed by atoms with van der Waals surface area (Å²) in [4.78, 5) is 13.2. The minimum Gasteiger partial charge on any atom is -0.368 e. The summed E-state index contributed by atoms with van der Waals surface area (Å²) >= 11 is 0. The molecule has 0 amide bonds. The van der Waals surface area contributed by atoms with E-state index in [9.17, 15) is 0 Å². The van der Waals surface area contributed by atoms with Crippen LogP contribution in [0.1, 0.15) is 6.92 Å². The van der Waals surface area contributed by atoms with Gasteiger partial charge in [0.2, 0.25) is 0 Å². The molecule has 3 heterocycles. The highest BCUT2D eigenvalue weighted by Gasteiger charge is 2.10. The fourth-order valence-corrected chi connectivity index (χ4v) is 1.87. The summed E-state index contributed by atoms with van der Waals surface area (Å²) in [6.07, 6.45) is 7.28. The summed E-state index contributed by atoms with van der Waals surface area (Å²) in [5, 5.41) is 3.20. The molecule has 5 heteroatoms. The van der Waals surface area contributed by atoms with Crippen LogP contribution in [0.25, 0.3) is 17.0 Å². The monoisotopic (exact) mass is 239 g/mol. The molecule has 0 unspecified atom stereocenters. The zero-order chi connectivity index (χ0) is 12.4. The maximum Gasteiger partial charge on any atom is 0.154 e. The first kappa shape index (κ1) is 10.7. The number of nitrogens with zero attached hydrogens (tertiary/aromatic N) is 4. The lowest BCUT2D eigenvalue weighted by Gasteiger charge is -2.05. The molecule has 0 aromatic carbocycles. The Kier molecular flexibility index (Phi) is 2.64. The number of hydrogen-bond acceptors (Lipinski definition) is 4. The normalized spacial score (nSPS) is 10.7. The van der Waals surface area contributed by atoms with E-state index >= 15 is 0 Å². The summed E-state index contributed by atoms with van der Waals surface area (Å²) in [5.41, 5.74) is 2.51. The van der Waals surface area contributed by atoms with Gasteiger partial charge in [-0.15, -0.1) is 0 Å². The van der Waals surface area contributed by atoms with Gasteiger partial charge in [0.05, 0.1) is 0 Å². The molecule has 5 nitrogen and oxygen atoms in total. The number of fused-ring (bicyclic) bond motifs is 1. The Bertz CT molecular complexity index is 641. The first-order valence-corrected chi connectivity index (χ1v) is 5.87. The van der Waals surface area contributed by atoms with Gasteiger partial charge in [-0.25, -0.2) is 15.0 Å². The van der Waals surface area contributed by atoms with E-state index in [1.165, 1.54) is 0 Å². The lowest BCUT2D eigenvalue weighted by Crippen LogP contribution is -2.02. The van der Waals surface area contributed by atoms with Crippen molar-refractivity contribution in [1.29, 1.82) is 0 Å². The summed E-state index contributed by atoms with van der Waals surface area (Å²) in [6.45, 7) is 2.83. The zero-order valence-electron chi connectivity index (χ0n) is 10.0. The van der Waals surface area contributed by atoms with Crippen molar-refractivity contribution in [3.05, 3.63) is 43.0 Å². The average Bonchev–Trinajstić information content (AvgIpc) is 2.83. The van der Waals surface area contributed by atoms with E-state index in [-0.39, 0.29) is 0 Å². The highest BCUT2D eigenvalue weighted by atomic mass is 15.0. The molecule has 1 N–H and O–H groups in total. The molecular weight excluding hydrogens is 226 g/mol. The zero-order valence-corrected chi connectivity index (χ0v) is 10.0. The topological polar surface area (TPSA) is 55.1 Å². The van der Waals surface area contributed by atoms with Crippen LogP contribution < -0.4 is 5.32 Å². The molecule has 0 radical (unpaired) electrons. The van der Waals surface area contributed by atoms with Crippen molar-refractivity contribution >= 4 is 11.5 Å². The molecule has 3 aromatic rings. The van der Waals surface area contributed by atoms with Crippen LogP contribution in [0.2, 0.25) is 0 Å². The van der Waals surface area contributed by atoms with Crippen molar-refractivity contribution in [1.82, 2.24) is 19.4 Å². The van der Waals surface area contributed by atoms with Crippen LogP contribution in [0.4, 0.5) is 5.82 Å². The van der Waals surface area contributed by atoms with Gasteiger partial charge in [0, 0.05) is 31.3 Å². The smallest absolute Gasteiger partial charge is 0.154 e. The van der Waals surface area contributed by atoms with Gasteiger partial charge in [-0.3, -0.25) is 0 Å². The summed E-state index contributed by atoms with van der Waals surface area (Å²) in [7, 11) is 0. The number of imidazole rings is 1. The Morgan fingerprint density at radius 1 is 1.22 bits per heavy atom. The first-order valence-electron chi connectivity index (χ1n) is 5.87. The molecule has 0 atom stereocenters. The first-order chi connectivity index (χ1) is 8.88. The summed E-state index contributed by atoms with van der Waals surface area (Å²) < 4.78 is 1.97. The molecule has 0 fully saturated rings. The van der Waals surface area contributed by atoms with Crippen molar-refractivity contribution in [2.24, 2.45) is 0 Å². The minimum absolute atomic E-state index is 0.767. The second-order valence-corrected chi connectivity index (χ2v) is 3.88. The molecule has 0 aliphatic rings. The minimum atomic E-state index is 0.767. The van der Waals surface area contributed by atoms with Gasteiger partial charge in [-0.05, 0) is 19.1 Å². The highest BCUT2D eigenvalue weighted by Crippen LogP contribution is 2.22. The maximum atomic E-state index is 4.55. The Hall–Kier alpha value is -2.43.